The van der Waals surface area contributed by atoms with E-state index < -0.39 is 0 Å². The van der Waals surface area contributed by atoms with Gasteiger partial charge < -0.3 is 15.4 Å². The number of nitrogens with two attached hydrogens (primary N) is 1. The molecule has 21 heavy (non-hydrogen) atoms. The van der Waals surface area contributed by atoms with E-state index >= 15 is 0 Å². The van der Waals surface area contributed by atoms with E-state index in [-0.39, 0.29) is 5.91 Å². The molecule has 0 radical (unpaired) electrons. The van der Waals surface area contributed by atoms with Gasteiger partial charge in [0.05, 0.1) is 24.4 Å². The van der Waals surface area contributed by atoms with Crippen LogP contribution in [0.5, 0.6) is 5.75 Å². The second-order valence-corrected chi connectivity index (χ2v) is 4.93. The summed E-state index contributed by atoms with van der Waals surface area (Å²) in [5.74, 6) is 0.755. The first-order valence-electron chi connectivity index (χ1n) is 6.88. The van der Waals surface area contributed by atoms with Crippen molar-refractivity contribution >= 4 is 17.3 Å². The van der Waals surface area contributed by atoms with Crippen molar-refractivity contribution in [2.45, 2.75) is 13.3 Å². The monoisotopic (exact) mass is 284 g/mol. The van der Waals surface area contributed by atoms with Crippen molar-refractivity contribution in [2.24, 2.45) is 0 Å². The summed E-state index contributed by atoms with van der Waals surface area (Å²) in [7, 11) is 1.72. The first-order chi connectivity index (χ1) is 10.1. The van der Waals surface area contributed by atoms with E-state index in [1.807, 2.05) is 49.4 Å². The second kappa shape index (κ2) is 6.79. The standard InChI is InChI=1S/C17H20N2O2/c1-13-6-5-7-14(12-13)21-11-10-17(20)19(2)16-9-4-3-8-15(16)18/h3-9,12H,10-11,18H2,1-2H3. The van der Waals surface area contributed by atoms with Crippen molar-refractivity contribution in [1.29, 1.82) is 0 Å². The Kier molecular flexibility index (Phi) is 4.82. The first-order valence-corrected chi connectivity index (χ1v) is 6.88. The number of amides is 1. The molecule has 0 aromatic heterocycles. The summed E-state index contributed by atoms with van der Waals surface area (Å²) in [6, 6.07) is 15.1. The fourth-order valence-corrected chi connectivity index (χ4v) is 2.06. The summed E-state index contributed by atoms with van der Waals surface area (Å²) >= 11 is 0. The smallest absolute Gasteiger partial charge is 0.230 e. The third-order valence-corrected chi connectivity index (χ3v) is 3.25. The molecule has 2 rings (SSSR count). The number of anilines is 2. The number of carbonyl (C=O) groups excluding carboxylic acids is 1. The first kappa shape index (κ1) is 14.9. The minimum Gasteiger partial charge on any atom is -0.493 e. The fourth-order valence-electron chi connectivity index (χ4n) is 2.06. The molecule has 0 spiro atoms. The van der Waals surface area contributed by atoms with Gasteiger partial charge in [-0.15, -0.1) is 0 Å². The molecule has 110 valence electrons. The molecule has 4 nitrogen and oxygen atoms in total. The number of benzene rings is 2. The van der Waals surface area contributed by atoms with Crippen LogP contribution in [0.2, 0.25) is 0 Å². The molecule has 2 N–H and O–H groups in total. The number of nitrogen functional groups attached to an aromatic ring is 1. The van der Waals surface area contributed by atoms with E-state index in [0.29, 0.717) is 18.7 Å². The topological polar surface area (TPSA) is 55.6 Å². The molecule has 0 saturated heterocycles. The van der Waals surface area contributed by atoms with Gasteiger partial charge in [-0.1, -0.05) is 24.3 Å². The summed E-state index contributed by atoms with van der Waals surface area (Å²) in [5, 5.41) is 0. The van der Waals surface area contributed by atoms with Crippen LogP contribution in [0.3, 0.4) is 0 Å². The Bertz CT molecular complexity index is 626. The summed E-state index contributed by atoms with van der Waals surface area (Å²) in [6.07, 6.45) is 0.304. The van der Waals surface area contributed by atoms with Gasteiger partial charge in [-0.05, 0) is 36.8 Å². The molecule has 2 aromatic rings. The van der Waals surface area contributed by atoms with E-state index in [9.17, 15) is 4.79 Å². The molecule has 0 saturated carbocycles. The maximum atomic E-state index is 12.1. The average molecular weight is 284 g/mol. The van der Waals surface area contributed by atoms with Gasteiger partial charge in [-0.3, -0.25) is 4.79 Å². The lowest BCUT2D eigenvalue weighted by molar-refractivity contribution is -0.118. The van der Waals surface area contributed by atoms with Crippen LogP contribution in [-0.2, 0) is 4.79 Å². The van der Waals surface area contributed by atoms with E-state index in [4.69, 9.17) is 10.5 Å². The van der Waals surface area contributed by atoms with Crippen molar-refractivity contribution < 1.29 is 9.53 Å². The van der Waals surface area contributed by atoms with Crippen LogP contribution in [-0.4, -0.2) is 19.6 Å². The van der Waals surface area contributed by atoms with E-state index in [2.05, 4.69) is 0 Å². The van der Waals surface area contributed by atoms with E-state index in [0.717, 1.165) is 17.0 Å². The highest BCUT2D eigenvalue weighted by Crippen LogP contribution is 2.21. The molecule has 0 atom stereocenters. The van der Waals surface area contributed by atoms with Crippen LogP contribution in [0.1, 0.15) is 12.0 Å². The second-order valence-electron chi connectivity index (χ2n) is 4.93. The van der Waals surface area contributed by atoms with Gasteiger partial charge in [0.15, 0.2) is 0 Å². The Balaban J connectivity index is 1.89. The maximum Gasteiger partial charge on any atom is 0.230 e. The van der Waals surface area contributed by atoms with Gasteiger partial charge in [-0.25, -0.2) is 0 Å². The molecule has 0 aliphatic rings. The summed E-state index contributed by atoms with van der Waals surface area (Å²) < 4.78 is 5.60. The van der Waals surface area contributed by atoms with Gasteiger partial charge in [0.2, 0.25) is 5.91 Å². The molecule has 0 unspecified atom stereocenters. The summed E-state index contributed by atoms with van der Waals surface area (Å²) in [4.78, 5) is 13.7. The molecule has 2 aromatic carbocycles. The predicted octanol–water partition coefficient (Wildman–Crippen LogP) is 3.01. The lowest BCUT2D eigenvalue weighted by atomic mass is 10.2. The number of nitrogens with zero attached hydrogens (tertiary/aromatic N) is 1. The lowest BCUT2D eigenvalue weighted by Gasteiger charge is -2.19. The Morgan fingerprint density at radius 2 is 1.95 bits per heavy atom. The minimum atomic E-state index is -0.0273. The van der Waals surface area contributed by atoms with Gasteiger partial charge >= 0.3 is 0 Å². The highest BCUT2D eigenvalue weighted by molar-refractivity contribution is 5.95. The van der Waals surface area contributed by atoms with Crippen LogP contribution in [0.25, 0.3) is 0 Å². The quantitative estimate of drug-likeness (QED) is 0.859. The maximum absolute atomic E-state index is 12.1. The SMILES string of the molecule is Cc1cccc(OCCC(=O)N(C)c2ccccc2N)c1. The number of ether oxygens (including phenoxy) is 1. The van der Waals surface area contributed by atoms with Crippen LogP contribution >= 0.6 is 0 Å². The number of hydrogen-bond acceptors (Lipinski definition) is 3. The largest absolute Gasteiger partial charge is 0.493 e. The normalized spacial score (nSPS) is 10.2. The molecule has 0 aliphatic carbocycles. The van der Waals surface area contributed by atoms with Gasteiger partial charge in [0.25, 0.3) is 0 Å². The summed E-state index contributed by atoms with van der Waals surface area (Å²) in [6.45, 7) is 2.35. The Morgan fingerprint density at radius 3 is 2.67 bits per heavy atom. The third-order valence-electron chi connectivity index (χ3n) is 3.25. The van der Waals surface area contributed by atoms with Gasteiger partial charge in [0.1, 0.15) is 5.75 Å². The Morgan fingerprint density at radius 1 is 1.19 bits per heavy atom. The molecule has 1 amide bonds. The number of rotatable bonds is 5. The molecule has 0 bridgehead atoms. The number of aryl methyl sites for hydroxylation is 1. The number of para-hydroxylation sites is 2. The molecule has 0 aliphatic heterocycles. The molecule has 4 heteroatoms. The minimum absolute atomic E-state index is 0.0273. The van der Waals surface area contributed by atoms with Crippen molar-refractivity contribution in [3.8, 4) is 5.75 Å². The van der Waals surface area contributed by atoms with Crippen LogP contribution < -0.4 is 15.4 Å². The highest BCUT2D eigenvalue weighted by Gasteiger charge is 2.13. The summed E-state index contributed by atoms with van der Waals surface area (Å²) in [5.41, 5.74) is 8.31. The number of hydrogen-bond donors (Lipinski definition) is 1. The lowest BCUT2D eigenvalue weighted by Crippen LogP contribution is -2.28. The van der Waals surface area contributed by atoms with E-state index in [1.165, 1.54) is 0 Å². The zero-order valence-corrected chi connectivity index (χ0v) is 12.4. The van der Waals surface area contributed by atoms with Crippen LogP contribution in [0.4, 0.5) is 11.4 Å². The van der Waals surface area contributed by atoms with E-state index in [1.54, 1.807) is 18.0 Å². The third kappa shape index (κ3) is 3.99. The molecular weight excluding hydrogens is 264 g/mol. The zero-order chi connectivity index (χ0) is 15.2. The van der Waals surface area contributed by atoms with Crippen molar-refractivity contribution in [2.75, 3.05) is 24.3 Å². The molecular formula is C17H20N2O2. The number of carbonyl (C=O) groups is 1. The fraction of sp³-hybridized carbons (Fsp3) is 0.235. The van der Waals surface area contributed by atoms with Crippen molar-refractivity contribution in [1.82, 2.24) is 0 Å². The molecule has 0 heterocycles. The molecule has 0 fully saturated rings. The predicted molar refractivity (Wildman–Crippen MR) is 85.6 cm³/mol. The van der Waals surface area contributed by atoms with Crippen molar-refractivity contribution in [3.63, 3.8) is 0 Å². The van der Waals surface area contributed by atoms with Crippen LogP contribution in [0.15, 0.2) is 48.5 Å². The Labute approximate surface area is 125 Å². The van der Waals surface area contributed by atoms with Gasteiger partial charge in [0, 0.05) is 7.05 Å². The zero-order valence-electron chi connectivity index (χ0n) is 12.4. The van der Waals surface area contributed by atoms with Gasteiger partial charge in [-0.2, -0.15) is 0 Å². The highest BCUT2D eigenvalue weighted by atomic mass is 16.5. The van der Waals surface area contributed by atoms with Crippen molar-refractivity contribution in [3.05, 3.63) is 54.1 Å². The van der Waals surface area contributed by atoms with Crippen LogP contribution in [0, 0.1) is 6.92 Å². The average Bonchev–Trinajstić information content (AvgIpc) is 2.47. The Hall–Kier alpha value is -2.49.